The Labute approximate surface area is 158 Å². The lowest BCUT2D eigenvalue weighted by Gasteiger charge is -2.18. The van der Waals surface area contributed by atoms with E-state index in [-0.39, 0.29) is 23.8 Å². The molecule has 0 saturated heterocycles. The van der Waals surface area contributed by atoms with Gasteiger partial charge in [-0.1, -0.05) is 30.3 Å². The number of nitrogens with zero attached hydrogens (tertiary/aromatic N) is 1. The van der Waals surface area contributed by atoms with Gasteiger partial charge in [0.15, 0.2) is 18.1 Å². The van der Waals surface area contributed by atoms with Crippen LogP contribution in [0.3, 0.4) is 0 Å². The summed E-state index contributed by atoms with van der Waals surface area (Å²) in [5.74, 6) is 0.0472. The fraction of sp³-hybridized carbons (Fsp3) is 0.300. The van der Waals surface area contributed by atoms with Crippen LogP contribution in [0.25, 0.3) is 0 Å². The van der Waals surface area contributed by atoms with Gasteiger partial charge >= 0.3 is 5.97 Å². The molecule has 0 aromatic heterocycles. The SMILES string of the molecule is COc1cc(OC)c(C(=O)OCC(=O)N(C)Cc2ccccc2)cc1OC. The van der Waals surface area contributed by atoms with Gasteiger partial charge in [-0.05, 0) is 5.56 Å². The number of likely N-dealkylation sites (N-methyl/N-ethyl adjacent to an activating group) is 1. The zero-order chi connectivity index (χ0) is 19.8. The van der Waals surface area contributed by atoms with E-state index in [9.17, 15) is 9.59 Å². The van der Waals surface area contributed by atoms with Crippen molar-refractivity contribution in [1.82, 2.24) is 4.90 Å². The van der Waals surface area contributed by atoms with E-state index in [2.05, 4.69) is 0 Å². The number of benzene rings is 2. The third kappa shape index (κ3) is 5.13. The highest BCUT2D eigenvalue weighted by Gasteiger charge is 2.20. The van der Waals surface area contributed by atoms with Crippen molar-refractivity contribution in [2.75, 3.05) is 35.0 Å². The number of ether oxygens (including phenoxy) is 4. The molecule has 1 amide bonds. The van der Waals surface area contributed by atoms with E-state index >= 15 is 0 Å². The lowest BCUT2D eigenvalue weighted by molar-refractivity contribution is -0.133. The molecule has 0 radical (unpaired) electrons. The van der Waals surface area contributed by atoms with Crippen molar-refractivity contribution < 1.29 is 28.5 Å². The van der Waals surface area contributed by atoms with E-state index in [1.165, 1.54) is 38.4 Å². The van der Waals surface area contributed by atoms with Gasteiger partial charge in [-0.15, -0.1) is 0 Å². The maximum atomic E-state index is 12.4. The fourth-order valence-electron chi connectivity index (χ4n) is 2.45. The van der Waals surface area contributed by atoms with Gasteiger partial charge in [0, 0.05) is 25.7 Å². The predicted molar refractivity (Wildman–Crippen MR) is 99.3 cm³/mol. The van der Waals surface area contributed by atoms with Gasteiger partial charge in [-0.2, -0.15) is 0 Å². The van der Waals surface area contributed by atoms with Crippen molar-refractivity contribution in [3.05, 3.63) is 53.6 Å². The molecule has 2 aromatic carbocycles. The minimum Gasteiger partial charge on any atom is -0.496 e. The zero-order valence-electron chi connectivity index (χ0n) is 15.9. The lowest BCUT2D eigenvalue weighted by Crippen LogP contribution is -2.30. The van der Waals surface area contributed by atoms with Crippen LogP contribution in [0.2, 0.25) is 0 Å². The van der Waals surface area contributed by atoms with Crippen molar-refractivity contribution >= 4 is 11.9 Å². The summed E-state index contributed by atoms with van der Waals surface area (Å²) in [5, 5.41) is 0. The van der Waals surface area contributed by atoms with Crippen LogP contribution in [0.15, 0.2) is 42.5 Å². The van der Waals surface area contributed by atoms with E-state index in [0.717, 1.165) is 5.56 Å². The molecule has 27 heavy (non-hydrogen) atoms. The molecular formula is C20H23NO6. The summed E-state index contributed by atoms with van der Waals surface area (Å²) in [4.78, 5) is 26.1. The smallest absolute Gasteiger partial charge is 0.342 e. The Morgan fingerprint density at radius 3 is 2.07 bits per heavy atom. The Hall–Kier alpha value is -3.22. The van der Waals surface area contributed by atoms with Crippen LogP contribution in [-0.2, 0) is 16.1 Å². The maximum Gasteiger partial charge on any atom is 0.342 e. The van der Waals surface area contributed by atoms with E-state index in [4.69, 9.17) is 18.9 Å². The van der Waals surface area contributed by atoms with Crippen LogP contribution >= 0.6 is 0 Å². The molecule has 0 N–H and O–H groups in total. The molecular weight excluding hydrogens is 350 g/mol. The van der Waals surface area contributed by atoms with Crippen molar-refractivity contribution in [3.63, 3.8) is 0 Å². The average Bonchev–Trinajstić information content (AvgIpc) is 2.71. The van der Waals surface area contributed by atoms with Gasteiger partial charge in [-0.3, -0.25) is 4.79 Å². The molecule has 0 heterocycles. The highest BCUT2D eigenvalue weighted by Crippen LogP contribution is 2.34. The quantitative estimate of drug-likeness (QED) is 0.662. The maximum absolute atomic E-state index is 12.4. The monoisotopic (exact) mass is 373 g/mol. The number of methoxy groups -OCH3 is 3. The lowest BCUT2D eigenvalue weighted by atomic mass is 10.1. The molecule has 0 bridgehead atoms. The Morgan fingerprint density at radius 1 is 0.889 bits per heavy atom. The van der Waals surface area contributed by atoms with Crippen LogP contribution in [0.5, 0.6) is 17.2 Å². The van der Waals surface area contributed by atoms with E-state index in [1.807, 2.05) is 30.3 Å². The number of carbonyl (C=O) groups is 2. The molecule has 0 saturated carbocycles. The topological polar surface area (TPSA) is 74.3 Å². The molecule has 0 spiro atoms. The van der Waals surface area contributed by atoms with Gasteiger partial charge in [0.25, 0.3) is 5.91 Å². The Morgan fingerprint density at radius 2 is 1.48 bits per heavy atom. The summed E-state index contributed by atoms with van der Waals surface area (Å²) in [7, 11) is 6.02. The molecule has 7 nitrogen and oxygen atoms in total. The number of carbonyl (C=O) groups excluding carboxylic acids is 2. The summed E-state index contributed by atoms with van der Waals surface area (Å²) < 4.78 is 20.7. The number of amides is 1. The number of hydrogen-bond acceptors (Lipinski definition) is 6. The normalized spacial score (nSPS) is 10.1. The molecule has 0 unspecified atom stereocenters. The van der Waals surface area contributed by atoms with Gasteiger partial charge < -0.3 is 23.8 Å². The van der Waals surface area contributed by atoms with Crippen molar-refractivity contribution in [2.45, 2.75) is 6.54 Å². The van der Waals surface area contributed by atoms with Crippen LogP contribution < -0.4 is 14.2 Å². The van der Waals surface area contributed by atoms with Crippen LogP contribution in [0, 0.1) is 0 Å². The molecule has 0 atom stereocenters. The highest BCUT2D eigenvalue weighted by molar-refractivity contribution is 5.95. The molecule has 2 rings (SSSR count). The second-order valence-corrected chi connectivity index (χ2v) is 5.72. The van der Waals surface area contributed by atoms with Crippen LogP contribution in [-0.4, -0.2) is 51.8 Å². The highest BCUT2D eigenvalue weighted by atomic mass is 16.5. The van der Waals surface area contributed by atoms with Gasteiger partial charge in [-0.25, -0.2) is 4.79 Å². The largest absolute Gasteiger partial charge is 0.496 e. The molecule has 0 fully saturated rings. The van der Waals surface area contributed by atoms with E-state index < -0.39 is 5.97 Å². The third-order valence-electron chi connectivity index (χ3n) is 3.94. The molecule has 7 heteroatoms. The van der Waals surface area contributed by atoms with E-state index in [0.29, 0.717) is 18.0 Å². The minimum atomic E-state index is -0.686. The molecule has 0 aliphatic rings. The Balaban J connectivity index is 2.03. The number of hydrogen-bond donors (Lipinski definition) is 0. The van der Waals surface area contributed by atoms with Crippen LogP contribution in [0.4, 0.5) is 0 Å². The first-order valence-electron chi connectivity index (χ1n) is 8.25. The van der Waals surface area contributed by atoms with Gasteiger partial charge in [0.2, 0.25) is 0 Å². The standard InChI is InChI=1S/C20H23NO6/c1-21(12-14-8-6-5-7-9-14)19(22)13-27-20(23)15-10-17(25-3)18(26-4)11-16(15)24-2/h5-11H,12-13H2,1-4H3. The second-order valence-electron chi connectivity index (χ2n) is 5.72. The van der Waals surface area contributed by atoms with E-state index in [1.54, 1.807) is 7.05 Å². The Kier molecular flexibility index (Phi) is 7.05. The predicted octanol–water partition coefficient (Wildman–Crippen LogP) is 2.53. The first-order chi connectivity index (χ1) is 13.0. The first kappa shape index (κ1) is 20.1. The summed E-state index contributed by atoms with van der Waals surface area (Å²) in [6.45, 7) is 0.0522. The average molecular weight is 373 g/mol. The fourth-order valence-corrected chi connectivity index (χ4v) is 2.45. The first-order valence-corrected chi connectivity index (χ1v) is 8.25. The second kappa shape index (κ2) is 9.47. The zero-order valence-corrected chi connectivity index (χ0v) is 15.9. The molecule has 0 aliphatic heterocycles. The summed E-state index contributed by atoms with van der Waals surface area (Å²) in [5.41, 5.74) is 1.13. The molecule has 0 aliphatic carbocycles. The van der Waals surface area contributed by atoms with Gasteiger partial charge in [0.1, 0.15) is 11.3 Å². The van der Waals surface area contributed by atoms with Crippen molar-refractivity contribution in [1.29, 1.82) is 0 Å². The van der Waals surface area contributed by atoms with Gasteiger partial charge in [0.05, 0.1) is 21.3 Å². The summed E-state index contributed by atoms with van der Waals surface area (Å²) in [6.07, 6.45) is 0. The third-order valence-corrected chi connectivity index (χ3v) is 3.94. The summed E-state index contributed by atoms with van der Waals surface area (Å²) >= 11 is 0. The van der Waals surface area contributed by atoms with Crippen molar-refractivity contribution in [2.24, 2.45) is 0 Å². The molecule has 144 valence electrons. The van der Waals surface area contributed by atoms with Crippen LogP contribution in [0.1, 0.15) is 15.9 Å². The van der Waals surface area contributed by atoms with Crippen molar-refractivity contribution in [3.8, 4) is 17.2 Å². The summed E-state index contributed by atoms with van der Waals surface area (Å²) in [6, 6.07) is 12.5. The number of rotatable bonds is 8. The number of esters is 1. The molecule has 2 aromatic rings. The Bertz CT molecular complexity index is 791. The minimum absolute atomic E-state index is 0.147.